The molecular formula is C6N6O4. The average molecular weight is 220 g/mol. The number of hydrogen-bond acceptors (Lipinski definition) is 10. The van der Waals surface area contributed by atoms with Gasteiger partial charge in [0, 0.05) is 0 Å². The third-order valence-corrected chi connectivity index (χ3v) is 2.05. The fourth-order valence-corrected chi connectivity index (χ4v) is 1.38. The van der Waals surface area contributed by atoms with Crippen LogP contribution in [-0.2, 0) is 0 Å². The predicted octanol–water partition coefficient (Wildman–Crippen LogP) is 0.275. The van der Waals surface area contributed by atoms with Crippen molar-refractivity contribution < 1.29 is 18.6 Å². The third-order valence-electron chi connectivity index (χ3n) is 2.05. The molecule has 1 aliphatic rings. The Balaban J connectivity index is 2.14. The Bertz CT molecular complexity index is 613. The van der Waals surface area contributed by atoms with Crippen LogP contribution in [0.15, 0.2) is 13.9 Å². The first-order chi connectivity index (χ1) is 7.93. The van der Waals surface area contributed by atoms with E-state index in [1.165, 1.54) is 0 Å². The maximum atomic E-state index is 5.27. The Labute approximate surface area is 85.1 Å². The van der Waals surface area contributed by atoms with Crippen molar-refractivity contribution in [3.63, 3.8) is 0 Å². The van der Waals surface area contributed by atoms with Crippen molar-refractivity contribution in [1.82, 2.24) is 30.9 Å². The van der Waals surface area contributed by atoms with Gasteiger partial charge in [-0.1, -0.05) is 0 Å². The van der Waals surface area contributed by atoms with E-state index in [1.54, 1.807) is 0 Å². The van der Waals surface area contributed by atoms with Gasteiger partial charge in [-0.05, 0) is 30.9 Å². The van der Waals surface area contributed by atoms with Gasteiger partial charge in [-0.2, -0.15) is 0 Å². The van der Waals surface area contributed by atoms with Gasteiger partial charge in [0.05, 0.1) is 0 Å². The lowest BCUT2D eigenvalue weighted by molar-refractivity contribution is 0.272. The molecule has 4 heterocycles. The summed E-state index contributed by atoms with van der Waals surface area (Å²) >= 11 is 0. The summed E-state index contributed by atoms with van der Waals surface area (Å²) in [5.41, 5.74) is 1.17. The highest BCUT2D eigenvalue weighted by atomic mass is 16.6. The largest absolute Gasteiger partial charge is 0.410 e. The maximum absolute atomic E-state index is 5.27. The Kier molecular flexibility index (Phi) is 1.13. The van der Waals surface area contributed by atoms with E-state index in [2.05, 4.69) is 44.8 Å². The molecule has 78 valence electrons. The monoisotopic (exact) mass is 220 g/mol. The minimum Gasteiger partial charge on any atom is -0.410 e. The molecule has 3 aromatic heterocycles. The quantitative estimate of drug-likeness (QED) is 0.407. The molecule has 10 heteroatoms. The van der Waals surface area contributed by atoms with Crippen LogP contribution in [0.25, 0.3) is 22.8 Å². The van der Waals surface area contributed by atoms with Gasteiger partial charge in [-0.3, -0.25) is 0 Å². The van der Waals surface area contributed by atoms with Gasteiger partial charge >= 0.3 is 0 Å². The van der Waals surface area contributed by atoms with Gasteiger partial charge < -0.3 is 4.74 Å². The van der Waals surface area contributed by atoms with E-state index in [1.807, 2.05) is 0 Å². The van der Waals surface area contributed by atoms with Gasteiger partial charge in [0.15, 0.2) is 11.4 Å². The average Bonchev–Trinajstić information content (AvgIpc) is 2.97. The molecular weight excluding hydrogens is 220 g/mol. The topological polar surface area (TPSA) is 126 Å². The lowest BCUT2D eigenvalue weighted by atomic mass is 10.2. The fraction of sp³-hybridized carbons (Fsp3) is 0. The summed E-state index contributed by atoms with van der Waals surface area (Å²) in [6, 6.07) is 0. The lowest BCUT2D eigenvalue weighted by Crippen LogP contribution is -1.85. The fourth-order valence-electron chi connectivity index (χ4n) is 1.38. The molecule has 0 unspecified atom stereocenters. The second-order valence-electron chi connectivity index (χ2n) is 2.90. The van der Waals surface area contributed by atoms with Crippen LogP contribution in [0, 0.1) is 0 Å². The van der Waals surface area contributed by atoms with Crippen LogP contribution in [0.5, 0.6) is 11.8 Å². The summed E-state index contributed by atoms with van der Waals surface area (Å²) < 4.78 is 18.9. The summed E-state index contributed by atoms with van der Waals surface area (Å²) in [5, 5.41) is 21.7. The van der Waals surface area contributed by atoms with Gasteiger partial charge in [0.2, 0.25) is 11.4 Å². The zero-order valence-corrected chi connectivity index (χ0v) is 7.32. The van der Waals surface area contributed by atoms with Crippen molar-refractivity contribution in [1.29, 1.82) is 0 Å². The van der Waals surface area contributed by atoms with Crippen molar-refractivity contribution in [3.05, 3.63) is 0 Å². The van der Waals surface area contributed by atoms with Gasteiger partial charge in [0.1, 0.15) is 0 Å². The molecule has 16 heavy (non-hydrogen) atoms. The smallest absolute Gasteiger partial charge is 0.292 e. The molecule has 3 aromatic rings. The van der Waals surface area contributed by atoms with Crippen molar-refractivity contribution >= 4 is 0 Å². The minimum absolute atomic E-state index is 0.103. The molecule has 0 amide bonds. The summed E-state index contributed by atoms with van der Waals surface area (Å²) in [7, 11) is 0. The van der Waals surface area contributed by atoms with E-state index in [-0.39, 0.29) is 23.1 Å². The SMILES string of the molecule is n1onc2c1Oc1nonc1-c1nonc1-2. The molecule has 0 fully saturated rings. The maximum Gasteiger partial charge on any atom is 0.292 e. The van der Waals surface area contributed by atoms with Crippen molar-refractivity contribution in [3.8, 4) is 34.5 Å². The van der Waals surface area contributed by atoms with Crippen molar-refractivity contribution in [2.75, 3.05) is 0 Å². The van der Waals surface area contributed by atoms with Crippen LogP contribution >= 0.6 is 0 Å². The molecule has 0 saturated heterocycles. The summed E-state index contributed by atoms with van der Waals surface area (Å²) in [6.07, 6.45) is 0. The van der Waals surface area contributed by atoms with E-state index in [9.17, 15) is 0 Å². The van der Waals surface area contributed by atoms with E-state index >= 15 is 0 Å². The highest BCUT2D eigenvalue weighted by Crippen LogP contribution is 2.41. The molecule has 0 saturated carbocycles. The van der Waals surface area contributed by atoms with Crippen LogP contribution in [0.2, 0.25) is 0 Å². The lowest BCUT2D eigenvalue weighted by Gasteiger charge is -1.91. The van der Waals surface area contributed by atoms with Crippen LogP contribution in [0.3, 0.4) is 0 Å². The third kappa shape index (κ3) is 0.762. The molecule has 1 aliphatic heterocycles. The van der Waals surface area contributed by atoms with Gasteiger partial charge in [0.25, 0.3) is 11.8 Å². The molecule has 0 radical (unpaired) electrons. The molecule has 0 aromatic carbocycles. The zero-order valence-electron chi connectivity index (χ0n) is 7.32. The zero-order chi connectivity index (χ0) is 10.5. The normalized spacial score (nSPS) is 12.2. The first kappa shape index (κ1) is 7.50. The first-order valence-electron chi connectivity index (χ1n) is 4.10. The summed E-state index contributed by atoms with van der Waals surface area (Å²) in [6.45, 7) is 0. The van der Waals surface area contributed by atoms with E-state index in [0.29, 0.717) is 11.4 Å². The van der Waals surface area contributed by atoms with E-state index in [4.69, 9.17) is 4.74 Å². The Morgan fingerprint density at radius 1 is 0.500 bits per heavy atom. The Morgan fingerprint density at radius 2 is 0.938 bits per heavy atom. The molecule has 0 N–H and O–H groups in total. The molecule has 4 rings (SSSR count). The van der Waals surface area contributed by atoms with Crippen LogP contribution < -0.4 is 4.74 Å². The number of hydrogen-bond donors (Lipinski definition) is 0. The number of nitrogens with zero attached hydrogens (tertiary/aromatic N) is 6. The second kappa shape index (κ2) is 2.42. The predicted molar refractivity (Wildman–Crippen MR) is 41.0 cm³/mol. The summed E-state index contributed by atoms with van der Waals surface area (Å²) in [5.74, 6) is 0.206. The molecule has 0 atom stereocenters. The molecule has 10 nitrogen and oxygen atoms in total. The molecule has 0 aliphatic carbocycles. The van der Waals surface area contributed by atoms with Crippen molar-refractivity contribution in [2.45, 2.75) is 0 Å². The van der Waals surface area contributed by atoms with Crippen LogP contribution in [-0.4, -0.2) is 30.9 Å². The number of fused-ring (bicyclic) bond motifs is 5. The highest BCUT2D eigenvalue weighted by Gasteiger charge is 2.33. The number of rotatable bonds is 0. The van der Waals surface area contributed by atoms with E-state index < -0.39 is 0 Å². The van der Waals surface area contributed by atoms with E-state index in [0.717, 1.165) is 0 Å². The minimum atomic E-state index is 0.103. The van der Waals surface area contributed by atoms with Crippen molar-refractivity contribution in [2.24, 2.45) is 0 Å². The summed E-state index contributed by atoms with van der Waals surface area (Å²) in [4.78, 5) is 0. The Hall–Kier alpha value is -2.78. The number of ether oxygens (including phenoxy) is 1. The first-order valence-corrected chi connectivity index (χ1v) is 4.10. The van der Waals surface area contributed by atoms with Gasteiger partial charge in [-0.15, -0.1) is 0 Å². The highest BCUT2D eigenvalue weighted by molar-refractivity contribution is 5.79. The van der Waals surface area contributed by atoms with Crippen LogP contribution in [0.1, 0.15) is 0 Å². The Morgan fingerprint density at radius 3 is 1.50 bits per heavy atom. The standard InChI is InChI=1S/C6N6O4/c7-1-2(8-14-7)4-6(12-16-10-4)13-5-3(1)9-15-11-5. The van der Waals surface area contributed by atoms with Crippen LogP contribution in [0.4, 0.5) is 0 Å². The molecule has 0 bridgehead atoms. The van der Waals surface area contributed by atoms with Gasteiger partial charge in [-0.25, -0.2) is 13.9 Å². The molecule has 0 spiro atoms. The number of aromatic nitrogens is 6. The second-order valence-corrected chi connectivity index (χ2v) is 2.90.